The number of aliphatic imine (C=N–C) groups is 1. The van der Waals surface area contributed by atoms with Gasteiger partial charge in [-0.25, -0.2) is 14.8 Å². The highest BCUT2D eigenvalue weighted by atomic mass is 19.4. The monoisotopic (exact) mass is 530 g/mol. The number of carbonyl (C=O) groups excluding carboxylic acids is 2. The lowest BCUT2D eigenvalue weighted by Crippen LogP contribution is -2.33. The molecule has 0 spiro atoms. The first-order chi connectivity index (χ1) is 17.9. The van der Waals surface area contributed by atoms with Gasteiger partial charge >= 0.3 is 12.1 Å². The van der Waals surface area contributed by atoms with Gasteiger partial charge in [-0.1, -0.05) is 18.2 Å². The number of halogens is 3. The highest BCUT2D eigenvalue weighted by Crippen LogP contribution is 2.25. The minimum absolute atomic E-state index is 0.0132. The lowest BCUT2D eigenvalue weighted by molar-refractivity contribution is -0.192. The minimum atomic E-state index is -5.08. The van der Waals surface area contributed by atoms with Gasteiger partial charge < -0.3 is 26.8 Å². The predicted molar refractivity (Wildman–Crippen MR) is 135 cm³/mol. The zero-order valence-corrected chi connectivity index (χ0v) is 20.0. The van der Waals surface area contributed by atoms with E-state index in [1.807, 2.05) is 30.3 Å². The van der Waals surface area contributed by atoms with Crippen LogP contribution < -0.4 is 16.8 Å². The van der Waals surface area contributed by atoms with E-state index in [0.717, 1.165) is 23.1 Å². The molecule has 2 aromatic rings. The zero-order valence-electron chi connectivity index (χ0n) is 20.0. The number of pyridine rings is 1. The Morgan fingerprint density at radius 1 is 1.13 bits per heavy atom. The lowest BCUT2D eigenvalue weighted by Gasteiger charge is -2.25. The van der Waals surface area contributed by atoms with E-state index >= 15 is 0 Å². The average Bonchev–Trinajstić information content (AvgIpc) is 2.87. The number of benzene rings is 1. The lowest BCUT2D eigenvalue weighted by atomic mass is 9.99. The summed E-state index contributed by atoms with van der Waals surface area (Å²) in [5.74, 6) is -2.16. The molecule has 0 saturated carbocycles. The Labute approximate surface area is 215 Å². The molecular weight excluding hydrogens is 505 g/mol. The number of nitrogens with one attached hydrogen (secondary N) is 1. The molecular formula is C25H25F3N6O4. The van der Waals surface area contributed by atoms with Gasteiger partial charge in [-0.3, -0.25) is 9.59 Å². The van der Waals surface area contributed by atoms with Gasteiger partial charge in [0, 0.05) is 31.8 Å². The maximum absolute atomic E-state index is 12.6. The zero-order chi connectivity index (χ0) is 27.9. The summed E-state index contributed by atoms with van der Waals surface area (Å²) >= 11 is 0. The van der Waals surface area contributed by atoms with Crippen LogP contribution in [0.1, 0.15) is 29.5 Å². The van der Waals surface area contributed by atoms with Crippen molar-refractivity contribution >= 4 is 46.9 Å². The Hall–Kier alpha value is -4.68. The van der Waals surface area contributed by atoms with Crippen molar-refractivity contribution in [2.24, 2.45) is 16.5 Å². The van der Waals surface area contributed by atoms with E-state index in [1.54, 1.807) is 23.2 Å². The third kappa shape index (κ3) is 7.91. The second kappa shape index (κ2) is 12.0. The quantitative estimate of drug-likeness (QED) is 0.268. The largest absolute Gasteiger partial charge is 0.490 e. The maximum Gasteiger partial charge on any atom is 0.490 e. The number of hydrogen-bond acceptors (Lipinski definition) is 5. The predicted octanol–water partition coefficient (Wildman–Crippen LogP) is 2.83. The summed E-state index contributed by atoms with van der Waals surface area (Å²) < 4.78 is 31.7. The first-order valence-corrected chi connectivity index (χ1v) is 11.4. The van der Waals surface area contributed by atoms with Crippen molar-refractivity contribution < 1.29 is 32.7 Å². The fraction of sp³-hybridized carbons (Fsp3) is 0.240. The van der Waals surface area contributed by atoms with Crippen LogP contribution in [0.5, 0.6) is 0 Å². The SMILES string of the molecule is NC(N)=Nc1ccc(C2=CCN(C(=O)C=Cc3cnc4c(c3)CCC(=O)N4)CC2)cc1.O=C(O)C(F)(F)F. The first-order valence-electron chi connectivity index (χ1n) is 11.4. The third-order valence-corrected chi connectivity index (χ3v) is 5.54. The van der Waals surface area contributed by atoms with Gasteiger partial charge in [-0.05, 0) is 59.4 Å². The summed E-state index contributed by atoms with van der Waals surface area (Å²) in [5, 5.41) is 9.88. The number of carbonyl (C=O) groups is 3. The normalized spacial score (nSPS) is 15.0. The summed E-state index contributed by atoms with van der Waals surface area (Å²) in [7, 11) is 0. The number of aromatic nitrogens is 1. The number of rotatable bonds is 4. The number of fused-ring (bicyclic) bond motifs is 1. The number of aryl methyl sites for hydroxylation is 1. The van der Waals surface area contributed by atoms with E-state index < -0.39 is 12.1 Å². The number of carboxylic acid groups (broad SMARTS) is 1. The van der Waals surface area contributed by atoms with Crippen LogP contribution in [0.4, 0.5) is 24.7 Å². The van der Waals surface area contributed by atoms with E-state index in [-0.39, 0.29) is 17.8 Å². The number of aliphatic carboxylic acids is 1. The Bertz CT molecular complexity index is 1300. The number of anilines is 1. The molecule has 1 aromatic heterocycles. The Morgan fingerprint density at radius 3 is 2.39 bits per heavy atom. The molecule has 6 N–H and O–H groups in total. The van der Waals surface area contributed by atoms with E-state index in [2.05, 4.69) is 21.4 Å². The second-order valence-corrected chi connectivity index (χ2v) is 8.31. The highest BCUT2D eigenvalue weighted by molar-refractivity contribution is 5.94. The Balaban J connectivity index is 0.000000505. The Morgan fingerprint density at radius 2 is 1.82 bits per heavy atom. The van der Waals surface area contributed by atoms with Gasteiger partial charge in [0.1, 0.15) is 5.82 Å². The molecule has 0 fully saturated rings. The number of nitrogens with zero attached hydrogens (tertiary/aromatic N) is 3. The molecule has 0 atom stereocenters. The molecule has 200 valence electrons. The summed E-state index contributed by atoms with van der Waals surface area (Å²) in [6.45, 7) is 1.21. The maximum atomic E-state index is 12.6. The molecule has 2 aliphatic rings. The van der Waals surface area contributed by atoms with Crippen molar-refractivity contribution in [2.75, 3.05) is 18.4 Å². The van der Waals surface area contributed by atoms with Crippen LogP contribution in [0, 0.1) is 0 Å². The summed E-state index contributed by atoms with van der Waals surface area (Å²) in [4.78, 5) is 43.0. The molecule has 1 aromatic carbocycles. The van der Waals surface area contributed by atoms with Crippen molar-refractivity contribution in [1.82, 2.24) is 9.88 Å². The number of amides is 2. The molecule has 0 aliphatic carbocycles. The van der Waals surface area contributed by atoms with Crippen LogP contribution in [-0.4, -0.2) is 58.0 Å². The van der Waals surface area contributed by atoms with Gasteiger partial charge in [0.05, 0.1) is 5.69 Å². The fourth-order valence-corrected chi connectivity index (χ4v) is 3.67. The van der Waals surface area contributed by atoms with Gasteiger partial charge in [0.2, 0.25) is 11.8 Å². The first kappa shape index (κ1) is 27.9. The van der Waals surface area contributed by atoms with Crippen LogP contribution >= 0.6 is 0 Å². The van der Waals surface area contributed by atoms with Gasteiger partial charge in [-0.2, -0.15) is 13.2 Å². The van der Waals surface area contributed by atoms with E-state index in [9.17, 15) is 22.8 Å². The van der Waals surface area contributed by atoms with Crippen LogP contribution in [-0.2, 0) is 20.8 Å². The minimum Gasteiger partial charge on any atom is -0.475 e. The van der Waals surface area contributed by atoms with Crippen molar-refractivity contribution in [2.45, 2.75) is 25.4 Å². The van der Waals surface area contributed by atoms with Crippen LogP contribution in [0.2, 0.25) is 0 Å². The number of carboxylic acids is 1. The van der Waals surface area contributed by atoms with Gasteiger partial charge in [-0.15, -0.1) is 0 Å². The third-order valence-electron chi connectivity index (χ3n) is 5.54. The second-order valence-electron chi connectivity index (χ2n) is 8.31. The molecule has 4 rings (SSSR count). The molecule has 38 heavy (non-hydrogen) atoms. The molecule has 2 aliphatic heterocycles. The Kier molecular flexibility index (Phi) is 8.84. The van der Waals surface area contributed by atoms with Crippen molar-refractivity contribution in [3.8, 4) is 0 Å². The smallest absolute Gasteiger partial charge is 0.475 e. The van der Waals surface area contributed by atoms with Crippen molar-refractivity contribution in [3.63, 3.8) is 0 Å². The molecule has 0 radical (unpaired) electrons. The van der Waals surface area contributed by atoms with Crippen LogP contribution in [0.3, 0.4) is 0 Å². The topological polar surface area (TPSA) is 164 Å². The number of guanidine groups is 1. The summed E-state index contributed by atoms with van der Waals surface area (Å²) in [5.41, 5.74) is 15.6. The summed E-state index contributed by atoms with van der Waals surface area (Å²) in [6.07, 6.45) is 3.90. The standard InChI is InChI=1S/C23H24N6O2.C2HF3O2/c24-23(25)27-19-5-2-16(3-6-19)17-9-11-29(12-10-17)21(31)8-1-15-13-18-4-7-20(30)28-22(18)26-14-15;3-2(4,5)1(6)7/h1-3,5-6,8-9,13-14H,4,7,10-12H2,(H4,24,25,27)(H,26,28,30);(H,6,7). The van der Waals surface area contributed by atoms with E-state index in [4.69, 9.17) is 21.4 Å². The molecule has 0 saturated heterocycles. The van der Waals surface area contributed by atoms with E-state index in [1.165, 1.54) is 5.57 Å². The number of alkyl halides is 3. The van der Waals surface area contributed by atoms with Crippen LogP contribution in [0.25, 0.3) is 11.6 Å². The van der Waals surface area contributed by atoms with Gasteiger partial charge in [0.15, 0.2) is 5.96 Å². The highest BCUT2D eigenvalue weighted by Gasteiger charge is 2.38. The van der Waals surface area contributed by atoms with Crippen LogP contribution in [0.15, 0.2) is 53.7 Å². The molecule has 2 amide bonds. The van der Waals surface area contributed by atoms with Gasteiger partial charge in [0.25, 0.3) is 0 Å². The molecule has 10 nitrogen and oxygen atoms in total. The molecule has 3 heterocycles. The fourth-order valence-electron chi connectivity index (χ4n) is 3.67. The van der Waals surface area contributed by atoms with Crippen molar-refractivity contribution in [1.29, 1.82) is 0 Å². The number of nitrogens with two attached hydrogens (primary N) is 2. The number of hydrogen-bond donors (Lipinski definition) is 4. The molecule has 0 unspecified atom stereocenters. The molecule has 0 bridgehead atoms. The molecule has 13 heteroatoms. The van der Waals surface area contributed by atoms with Crippen molar-refractivity contribution in [3.05, 3.63) is 65.4 Å². The average molecular weight is 531 g/mol. The van der Waals surface area contributed by atoms with E-state index in [0.29, 0.717) is 37.4 Å². The summed E-state index contributed by atoms with van der Waals surface area (Å²) in [6, 6.07) is 9.67.